The zero-order chi connectivity index (χ0) is 5.86. The van der Waals surface area contributed by atoms with E-state index in [9.17, 15) is 4.79 Å². The number of carbonyl (C=O) groups is 1. The van der Waals surface area contributed by atoms with Gasteiger partial charge in [0, 0.05) is 29.6 Å². The number of aliphatic hydroxyl groups excluding tert-OH is 1. The zero-order valence-corrected chi connectivity index (χ0v) is 7.09. The van der Waals surface area contributed by atoms with Crippen LogP contribution < -0.4 is 0 Å². The van der Waals surface area contributed by atoms with Gasteiger partial charge in [-0.15, -0.1) is 0 Å². The van der Waals surface area contributed by atoms with E-state index < -0.39 is 12.1 Å². The van der Waals surface area contributed by atoms with Crippen molar-refractivity contribution in [1.82, 2.24) is 0 Å². The number of carboxylic acids is 1. The Labute approximate surface area is 70.0 Å². The molecule has 0 fully saturated rings. The molecule has 43 valence electrons. The molecule has 0 amide bonds. The molecule has 0 aromatic carbocycles. The molecule has 1 atom stereocenters. The summed E-state index contributed by atoms with van der Waals surface area (Å²) in [6.45, 7) is 1.44. The van der Waals surface area contributed by atoms with Gasteiger partial charge in [0.2, 0.25) is 0 Å². The molecule has 0 aliphatic carbocycles. The summed E-state index contributed by atoms with van der Waals surface area (Å²) >= 11 is 0. The van der Waals surface area contributed by atoms with Crippen LogP contribution in [0.25, 0.3) is 0 Å². The summed E-state index contributed by atoms with van der Waals surface area (Å²) in [5, 5.41) is 16.3. The first-order valence-electron chi connectivity index (χ1n) is 2.03. The average Bonchev–Trinajstić information content (AvgIpc) is 1.27. The molecular formula is C4H8NaO3. The van der Waals surface area contributed by atoms with E-state index in [1.165, 1.54) is 6.92 Å². The molecule has 3 nitrogen and oxygen atoms in total. The van der Waals surface area contributed by atoms with Gasteiger partial charge in [-0.25, -0.2) is 0 Å². The molecule has 2 N–H and O–H groups in total. The van der Waals surface area contributed by atoms with Crippen LogP contribution in [0.4, 0.5) is 0 Å². The van der Waals surface area contributed by atoms with Crippen LogP contribution in [0.15, 0.2) is 0 Å². The maximum absolute atomic E-state index is 9.65. The summed E-state index contributed by atoms with van der Waals surface area (Å²) in [5.41, 5.74) is 0. The van der Waals surface area contributed by atoms with E-state index in [1.54, 1.807) is 0 Å². The third kappa shape index (κ3) is 9.66. The van der Waals surface area contributed by atoms with E-state index in [0.717, 1.165) is 0 Å². The van der Waals surface area contributed by atoms with Gasteiger partial charge in [0.25, 0.3) is 0 Å². The van der Waals surface area contributed by atoms with E-state index in [0.29, 0.717) is 0 Å². The number of carboxylic acid groups (broad SMARTS) is 1. The van der Waals surface area contributed by atoms with E-state index in [-0.39, 0.29) is 36.0 Å². The number of rotatable bonds is 2. The van der Waals surface area contributed by atoms with Gasteiger partial charge in [-0.2, -0.15) is 0 Å². The van der Waals surface area contributed by atoms with Gasteiger partial charge in [0.1, 0.15) is 0 Å². The number of hydrogen-bond donors (Lipinski definition) is 2. The molecule has 0 aliphatic heterocycles. The van der Waals surface area contributed by atoms with E-state index in [4.69, 9.17) is 10.2 Å². The van der Waals surface area contributed by atoms with Crippen molar-refractivity contribution in [3.8, 4) is 0 Å². The molecule has 0 heterocycles. The molecule has 0 aliphatic rings. The summed E-state index contributed by atoms with van der Waals surface area (Å²) in [6.07, 6.45) is -0.891. The first-order valence-corrected chi connectivity index (χ1v) is 2.03. The predicted molar refractivity (Wildman–Crippen MR) is 29.7 cm³/mol. The molecule has 4 heteroatoms. The maximum Gasteiger partial charge on any atom is 0.305 e. The van der Waals surface area contributed by atoms with Crippen LogP contribution in [0.3, 0.4) is 0 Å². The van der Waals surface area contributed by atoms with E-state index >= 15 is 0 Å². The van der Waals surface area contributed by atoms with Crippen molar-refractivity contribution in [2.24, 2.45) is 0 Å². The Morgan fingerprint density at radius 1 is 1.75 bits per heavy atom. The van der Waals surface area contributed by atoms with E-state index in [2.05, 4.69) is 0 Å². The number of aliphatic hydroxyl groups is 1. The Balaban J connectivity index is 0. The standard InChI is InChI=1S/C4H8O3.Na/c1-3(5)2-4(6)7;/h3,5H,2H2,1H3,(H,6,7);/t3-;/m0./s1. The van der Waals surface area contributed by atoms with Crippen LogP contribution in [0, 0.1) is 0 Å². The third-order valence-electron chi connectivity index (χ3n) is 0.470. The smallest absolute Gasteiger partial charge is 0.305 e. The van der Waals surface area contributed by atoms with Gasteiger partial charge in [-0.05, 0) is 6.92 Å². The number of hydrogen-bond acceptors (Lipinski definition) is 2. The van der Waals surface area contributed by atoms with Crippen LogP contribution in [-0.2, 0) is 4.79 Å². The second-order valence-electron chi connectivity index (χ2n) is 1.45. The molecule has 1 radical (unpaired) electrons. The molecule has 0 aromatic rings. The minimum atomic E-state index is -0.963. The molecular weight excluding hydrogens is 119 g/mol. The zero-order valence-electron chi connectivity index (χ0n) is 5.09. The maximum atomic E-state index is 9.65. The van der Waals surface area contributed by atoms with Crippen LogP contribution >= 0.6 is 0 Å². The molecule has 0 bridgehead atoms. The first kappa shape index (κ1) is 11.3. The van der Waals surface area contributed by atoms with Gasteiger partial charge >= 0.3 is 5.97 Å². The molecule has 0 saturated carbocycles. The van der Waals surface area contributed by atoms with Crippen molar-refractivity contribution in [1.29, 1.82) is 0 Å². The number of aliphatic carboxylic acids is 1. The van der Waals surface area contributed by atoms with E-state index in [1.807, 2.05) is 0 Å². The van der Waals surface area contributed by atoms with Gasteiger partial charge in [0.15, 0.2) is 0 Å². The van der Waals surface area contributed by atoms with Gasteiger partial charge in [-0.3, -0.25) is 4.79 Å². The Morgan fingerprint density at radius 2 is 2.12 bits per heavy atom. The largest absolute Gasteiger partial charge is 0.481 e. The molecule has 0 saturated heterocycles. The van der Waals surface area contributed by atoms with Crippen molar-refractivity contribution in [2.45, 2.75) is 19.4 Å². The molecule has 0 spiro atoms. The summed E-state index contributed by atoms with van der Waals surface area (Å²) in [5.74, 6) is -0.963. The Kier molecular flexibility index (Phi) is 7.83. The Bertz CT molecular complexity index is 71.7. The van der Waals surface area contributed by atoms with Crippen molar-refractivity contribution < 1.29 is 15.0 Å². The summed E-state index contributed by atoms with van der Waals surface area (Å²) in [4.78, 5) is 9.65. The quantitative estimate of drug-likeness (QED) is 0.490. The topological polar surface area (TPSA) is 57.5 Å². The molecule has 0 aromatic heterocycles. The summed E-state index contributed by atoms with van der Waals surface area (Å²) < 4.78 is 0. The van der Waals surface area contributed by atoms with Crippen molar-refractivity contribution in [2.75, 3.05) is 0 Å². The minimum Gasteiger partial charge on any atom is -0.481 e. The average molecular weight is 127 g/mol. The van der Waals surface area contributed by atoms with Crippen molar-refractivity contribution in [3.63, 3.8) is 0 Å². The SMILES string of the molecule is C[C@H](O)CC(=O)O.[Na]. The molecule has 0 rings (SSSR count). The van der Waals surface area contributed by atoms with Gasteiger partial charge in [-0.1, -0.05) is 0 Å². The van der Waals surface area contributed by atoms with Gasteiger partial charge < -0.3 is 10.2 Å². The van der Waals surface area contributed by atoms with Gasteiger partial charge in [0.05, 0.1) is 12.5 Å². The monoisotopic (exact) mass is 127 g/mol. The van der Waals surface area contributed by atoms with Crippen LogP contribution in [-0.4, -0.2) is 51.8 Å². The fraction of sp³-hybridized carbons (Fsp3) is 0.750. The van der Waals surface area contributed by atoms with Crippen molar-refractivity contribution >= 4 is 35.5 Å². The van der Waals surface area contributed by atoms with Crippen molar-refractivity contribution in [3.05, 3.63) is 0 Å². The summed E-state index contributed by atoms with van der Waals surface area (Å²) in [7, 11) is 0. The normalized spacial score (nSPS) is 11.8. The first-order chi connectivity index (χ1) is 3.13. The third-order valence-corrected chi connectivity index (χ3v) is 0.470. The minimum absolute atomic E-state index is 0. The second-order valence-corrected chi connectivity index (χ2v) is 1.45. The Morgan fingerprint density at radius 3 is 2.12 bits per heavy atom. The van der Waals surface area contributed by atoms with Crippen LogP contribution in [0.5, 0.6) is 0 Å². The molecule has 0 unspecified atom stereocenters. The molecule has 8 heavy (non-hydrogen) atoms. The predicted octanol–water partition coefficient (Wildman–Crippen LogP) is -0.539. The van der Waals surface area contributed by atoms with Crippen LogP contribution in [0.1, 0.15) is 13.3 Å². The second kappa shape index (κ2) is 5.56. The fourth-order valence-electron chi connectivity index (χ4n) is 0.253. The summed E-state index contributed by atoms with van der Waals surface area (Å²) in [6, 6.07) is 0. The van der Waals surface area contributed by atoms with Crippen LogP contribution in [0.2, 0.25) is 0 Å². The Hall–Kier alpha value is 0.430. The fourth-order valence-corrected chi connectivity index (χ4v) is 0.253.